The Morgan fingerprint density at radius 2 is 2.00 bits per heavy atom. The van der Waals surface area contributed by atoms with Crippen molar-refractivity contribution in [3.05, 3.63) is 28.2 Å². The van der Waals surface area contributed by atoms with Gasteiger partial charge in [-0.05, 0) is 47.0 Å². The molecule has 0 aromatic heterocycles. The monoisotopic (exact) mass is 340 g/mol. The second-order valence-corrected chi connectivity index (χ2v) is 5.70. The van der Waals surface area contributed by atoms with Crippen molar-refractivity contribution in [1.29, 1.82) is 0 Å². The number of nitrogens with zero attached hydrogens (tertiary/aromatic N) is 1. The van der Waals surface area contributed by atoms with Crippen molar-refractivity contribution < 1.29 is 14.7 Å². The highest BCUT2D eigenvalue weighted by Crippen LogP contribution is 2.26. The van der Waals surface area contributed by atoms with Crippen LogP contribution in [-0.4, -0.2) is 42.0 Å². The highest BCUT2D eigenvalue weighted by Gasteiger charge is 2.27. The molecule has 0 unspecified atom stereocenters. The van der Waals surface area contributed by atoms with Crippen LogP contribution < -0.4 is 5.32 Å². The van der Waals surface area contributed by atoms with Crippen molar-refractivity contribution in [2.24, 2.45) is 5.92 Å². The van der Waals surface area contributed by atoms with Crippen LogP contribution in [0.1, 0.15) is 23.2 Å². The summed E-state index contributed by atoms with van der Waals surface area (Å²) in [6, 6.07) is 4.79. The summed E-state index contributed by atoms with van der Waals surface area (Å²) >= 11 is 3.19. The highest BCUT2D eigenvalue weighted by atomic mass is 79.9. The molecule has 1 aliphatic heterocycles. The summed E-state index contributed by atoms with van der Waals surface area (Å²) < 4.78 is 0.562. The molecule has 1 aromatic rings. The Balaban J connectivity index is 2.01. The maximum absolute atomic E-state index is 12.3. The standard InChI is InChI=1S/C14H17BrN2O3/c1-16-13(19)9-4-6-17(7-5-9)14(20)10-2-3-11(15)12(18)8-10/h2-3,8-9,18H,4-7H2,1H3,(H,16,19). The molecule has 1 aliphatic rings. The van der Waals surface area contributed by atoms with Gasteiger partial charge >= 0.3 is 0 Å². The molecular weight excluding hydrogens is 324 g/mol. The van der Waals surface area contributed by atoms with E-state index >= 15 is 0 Å². The Labute approximate surface area is 126 Å². The van der Waals surface area contributed by atoms with Crippen molar-refractivity contribution >= 4 is 27.7 Å². The number of benzene rings is 1. The average Bonchev–Trinajstić information content (AvgIpc) is 2.48. The molecule has 5 nitrogen and oxygen atoms in total. The van der Waals surface area contributed by atoms with Crippen LogP contribution in [0.3, 0.4) is 0 Å². The first-order valence-corrected chi connectivity index (χ1v) is 7.31. The van der Waals surface area contributed by atoms with Gasteiger partial charge in [-0.2, -0.15) is 0 Å². The summed E-state index contributed by atoms with van der Waals surface area (Å²) in [6.45, 7) is 1.13. The van der Waals surface area contributed by atoms with E-state index in [1.807, 2.05) is 0 Å². The number of aromatic hydroxyl groups is 1. The quantitative estimate of drug-likeness (QED) is 0.861. The van der Waals surface area contributed by atoms with E-state index in [0.717, 1.165) is 0 Å². The van der Waals surface area contributed by atoms with Crippen molar-refractivity contribution in [3.8, 4) is 5.75 Å². The van der Waals surface area contributed by atoms with Crippen LogP contribution in [0.15, 0.2) is 22.7 Å². The largest absolute Gasteiger partial charge is 0.507 e. The molecule has 1 aromatic carbocycles. The van der Waals surface area contributed by atoms with E-state index in [0.29, 0.717) is 36.0 Å². The Bertz CT molecular complexity index is 525. The van der Waals surface area contributed by atoms with E-state index < -0.39 is 0 Å². The number of rotatable bonds is 2. The van der Waals surface area contributed by atoms with Crippen LogP contribution in [0.25, 0.3) is 0 Å². The van der Waals surface area contributed by atoms with Gasteiger partial charge in [0.05, 0.1) is 4.47 Å². The van der Waals surface area contributed by atoms with Gasteiger partial charge in [0.2, 0.25) is 5.91 Å². The Hall–Kier alpha value is -1.56. The fourth-order valence-electron chi connectivity index (χ4n) is 2.38. The van der Waals surface area contributed by atoms with Gasteiger partial charge in [0.15, 0.2) is 0 Å². The van der Waals surface area contributed by atoms with Gasteiger partial charge < -0.3 is 15.3 Å². The van der Waals surface area contributed by atoms with E-state index in [2.05, 4.69) is 21.2 Å². The summed E-state index contributed by atoms with van der Waals surface area (Å²) in [4.78, 5) is 25.6. The second kappa shape index (κ2) is 6.26. The summed E-state index contributed by atoms with van der Waals surface area (Å²) in [5.41, 5.74) is 0.462. The summed E-state index contributed by atoms with van der Waals surface area (Å²) in [7, 11) is 1.63. The van der Waals surface area contributed by atoms with Crippen LogP contribution in [0.5, 0.6) is 5.75 Å². The lowest BCUT2D eigenvalue weighted by Crippen LogP contribution is -2.42. The van der Waals surface area contributed by atoms with E-state index in [1.54, 1.807) is 24.1 Å². The number of phenols is 1. The van der Waals surface area contributed by atoms with Gasteiger partial charge in [0.25, 0.3) is 5.91 Å². The molecule has 20 heavy (non-hydrogen) atoms. The summed E-state index contributed by atoms with van der Waals surface area (Å²) in [5.74, 6) is -0.0278. The smallest absolute Gasteiger partial charge is 0.253 e. The zero-order valence-corrected chi connectivity index (χ0v) is 12.8. The zero-order chi connectivity index (χ0) is 14.7. The van der Waals surface area contributed by atoms with Gasteiger partial charge in [0, 0.05) is 31.6 Å². The molecule has 6 heteroatoms. The third-order valence-electron chi connectivity index (χ3n) is 3.59. The van der Waals surface area contributed by atoms with Gasteiger partial charge in [-0.25, -0.2) is 0 Å². The van der Waals surface area contributed by atoms with Crippen molar-refractivity contribution in [1.82, 2.24) is 10.2 Å². The fraction of sp³-hybridized carbons (Fsp3) is 0.429. The minimum atomic E-state index is -0.108. The fourth-order valence-corrected chi connectivity index (χ4v) is 2.62. The molecule has 2 amide bonds. The van der Waals surface area contributed by atoms with Crippen LogP contribution in [0.2, 0.25) is 0 Å². The first-order valence-electron chi connectivity index (χ1n) is 6.52. The lowest BCUT2D eigenvalue weighted by Gasteiger charge is -2.31. The van der Waals surface area contributed by atoms with E-state index in [-0.39, 0.29) is 23.5 Å². The van der Waals surface area contributed by atoms with E-state index in [4.69, 9.17) is 0 Å². The first kappa shape index (κ1) is 14.8. The Morgan fingerprint density at radius 1 is 1.35 bits per heavy atom. The summed E-state index contributed by atoms with van der Waals surface area (Å²) in [6.07, 6.45) is 1.35. The van der Waals surface area contributed by atoms with Crippen LogP contribution in [0, 0.1) is 5.92 Å². The van der Waals surface area contributed by atoms with E-state index in [1.165, 1.54) is 6.07 Å². The molecule has 0 saturated carbocycles. The number of halogens is 1. The maximum Gasteiger partial charge on any atom is 0.253 e. The number of amides is 2. The van der Waals surface area contributed by atoms with Crippen LogP contribution >= 0.6 is 15.9 Å². The molecule has 1 heterocycles. The van der Waals surface area contributed by atoms with Crippen molar-refractivity contribution in [2.75, 3.05) is 20.1 Å². The zero-order valence-electron chi connectivity index (χ0n) is 11.2. The molecule has 0 bridgehead atoms. The minimum Gasteiger partial charge on any atom is -0.507 e. The third kappa shape index (κ3) is 3.12. The SMILES string of the molecule is CNC(=O)C1CCN(C(=O)c2ccc(Br)c(O)c2)CC1. The molecule has 0 atom stereocenters. The van der Waals surface area contributed by atoms with Gasteiger partial charge in [0.1, 0.15) is 5.75 Å². The second-order valence-electron chi connectivity index (χ2n) is 4.85. The number of hydrogen-bond acceptors (Lipinski definition) is 3. The lowest BCUT2D eigenvalue weighted by molar-refractivity contribution is -0.125. The predicted octanol–water partition coefficient (Wildman–Crippen LogP) is 1.75. The number of likely N-dealkylation sites (tertiary alicyclic amines) is 1. The first-order chi connectivity index (χ1) is 9.52. The lowest BCUT2D eigenvalue weighted by atomic mass is 9.95. The molecule has 2 N–H and O–H groups in total. The Morgan fingerprint density at radius 3 is 2.55 bits per heavy atom. The van der Waals surface area contributed by atoms with Gasteiger partial charge in [-0.15, -0.1) is 0 Å². The average molecular weight is 341 g/mol. The number of phenolic OH excluding ortho intramolecular Hbond substituents is 1. The molecular formula is C14H17BrN2O3. The topological polar surface area (TPSA) is 69.6 Å². The van der Waals surface area contributed by atoms with Crippen molar-refractivity contribution in [3.63, 3.8) is 0 Å². The number of hydrogen-bond donors (Lipinski definition) is 2. The van der Waals surface area contributed by atoms with Crippen LogP contribution in [0.4, 0.5) is 0 Å². The predicted molar refractivity (Wildman–Crippen MR) is 78.5 cm³/mol. The maximum atomic E-state index is 12.3. The number of piperidine rings is 1. The molecule has 2 rings (SSSR count). The number of carbonyl (C=O) groups excluding carboxylic acids is 2. The highest BCUT2D eigenvalue weighted by molar-refractivity contribution is 9.10. The molecule has 1 saturated heterocycles. The Kier molecular flexibility index (Phi) is 4.65. The third-order valence-corrected chi connectivity index (χ3v) is 4.26. The molecule has 1 fully saturated rings. The number of nitrogens with one attached hydrogen (secondary N) is 1. The van der Waals surface area contributed by atoms with Crippen LogP contribution in [-0.2, 0) is 4.79 Å². The molecule has 0 radical (unpaired) electrons. The van der Waals surface area contributed by atoms with E-state index in [9.17, 15) is 14.7 Å². The van der Waals surface area contributed by atoms with Gasteiger partial charge in [-0.1, -0.05) is 0 Å². The normalized spacial score (nSPS) is 16.0. The minimum absolute atomic E-state index is 0.0117. The molecule has 0 spiro atoms. The number of carbonyl (C=O) groups is 2. The summed E-state index contributed by atoms with van der Waals surface area (Å²) in [5, 5.41) is 12.3. The van der Waals surface area contributed by atoms with Crippen molar-refractivity contribution in [2.45, 2.75) is 12.8 Å². The molecule has 0 aliphatic carbocycles. The molecule has 108 valence electrons. The van der Waals surface area contributed by atoms with Gasteiger partial charge in [-0.3, -0.25) is 9.59 Å².